The van der Waals surface area contributed by atoms with Crippen LogP contribution in [0.5, 0.6) is 0 Å². The molecule has 0 N–H and O–H groups in total. The van der Waals surface area contributed by atoms with E-state index < -0.39 is 0 Å². The molecule has 0 bridgehead atoms. The Balaban J connectivity index is 1.90. The zero-order chi connectivity index (χ0) is 16.1. The highest BCUT2D eigenvalue weighted by Crippen LogP contribution is 2.20. The molecule has 0 saturated carbocycles. The zero-order valence-corrected chi connectivity index (χ0v) is 13.2. The van der Waals surface area contributed by atoms with Crippen molar-refractivity contribution in [3.63, 3.8) is 0 Å². The van der Waals surface area contributed by atoms with Crippen molar-refractivity contribution in [2.45, 2.75) is 25.8 Å². The molecular weight excluding hydrogens is 284 g/mol. The van der Waals surface area contributed by atoms with Gasteiger partial charge in [-0.2, -0.15) is 5.26 Å². The summed E-state index contributed by atoms with van der Waals surface area (Å²) in [5.41, 5.74) is 2.68. The minimum Gasteiger partial charge on any atom is -0.299 e. The van der Waals surface area contributed by atoms with Crippen LogP contribution < -0.4 is 0 Å². The van der Waals surface area contributed by atoms with Gasteiger partial charge in [0.1, 0.15) is 0 Å². The van der Waals surface area contributed by atoms with E-state index in [1.54, 1.807) is 24.3 Å². The summed E-state index contributed by atoms with van der Waals surface area (Å²) in [6.45, 7) is 2.99. The molecule has 0 unspecified atom stereocenters. The maximum Gasteiger partial charge on any atom is 0.194 e. The Labute approximate surface area is 137 Å². The minimum absolute atomic E-state index is 0.0604. The average molecular weight is 304 g/mol. The van der Waals surface area contributed by atoms with E-state index in [1.807, 2.05) is 24.3 Å². The van der Waals surface area contributed by atoms with E-state index in [1.165, 1.54) is 19.3 Å². The van der Waals surface area contributed by atoms with Gasteiger partial charge in [-0.1, -0.05) is 42.8 Å². The fraction of sp³-hybridized carbons (Fsp3) is 0.300. The highest BCUT2D eigenvalue weighted by atomic mass is 16.1. The molecule has 3 heteroatoms. The van der Waals surface area contributed by atoms with Crippen molar-refractivity contribution in [2.75, 3.05) is 13.1 Å². The number of hydrogen-bond donors (Lipinski definition) is 0. The van der Waals surface area contributed by atoms with Crippen LogP contribution in [0.4, 0.5) is 0 Å². The zero-order valence-electron chi connectivity index (χ0n) is 13.2. The van der Waals surface area contributed by atoms with E-state index in [9.17, 15) is 10.1 Å². The Bertz CT molecular complexity index is 739. The normalized spacial score (nSPS) is 15.1. The number of benzene rings is 2. The topological polar surface area (TPSA) is 44.1 Å². The number of hydrogen-bond acceptors (Lipinski definition) is 3. The molecule has 116 valence electrons. The fourth-order valence-corrected chi connectivity index (χ4v) is 3.16. The number of ketones is 1. The summed E-state index contributed by atoms with van der Waals surface area (Å²) in [5.74, 6) is -0.0604. The third-order valence-electron chi connectivity index (χ3n) is 4.40. The molecule has 1 aliphatic heterocycles. The highest BCUT2D eigenvalue weighted by Gasteiger charge is 2.18. The summed E-state index contributed by atoms with van der Waals surface area (Å²) in [6, 6.07) is 16.9. The molecule has 0 spiro atoms. The number of carbonyl (C=O) groups excluding carboxylic acids is 1. The quantitative estimate of drug-likeness (QED) is 0.808. The Morgan fingerprint density at radius 1 is 0.957 bits per heavy atom. The first-order valence-electron chi connectivity index (χ1n) is 8.13. The predicted octanol–water partition coefficient (Wildman–Crippen LogP) is 3.78. The predicted molar refractivity (Wildman–Crippen MR) is 90.2 cm³/mol. The maximum absolute atomic E-state index is 12.9. The van der Waals surface area contributed by atoms with E-state index in [-0.39, 0.29) is 5.78 Å². The van der Waals surface area contributed by atoms with Crippen molar-refractivity contribution in [3.05, 3.63) is 70.8 Å². The molecule has 1 saturated heterocycles. The lowest BCUT2D eigenvalue weighted by atomic mass is 9.95. The van der Waals surface area contributed by atoms with Gasteiger partial charge in [0.05, 0.1) is 11.6 Å². The van der Waals surface area contributed by atoms with Crippen LogP contribution in [0.15, 0.2) is 48.5 Å². The average Bonchev–Trinajstić information content (AvgIpc) is 2.62. The molecule has 0 amide bonds. The van der Waals surface area contributed by atoms with Gasteiger partial charge >= 0.3 is 0 Å². The number of likely N-dealkylation sites (tertiary alicyclic amines) is 1. The molecule has 3 rings (SSSR count). The second-order valence-electron chi connectivity index (χ2n) is 5.98. The first-order chi connectivity index (χ1) is 11.3. The number of rotatable bonds is 4. The van der Waals surface area contributed by atoms with Crippen molar-refractivity contribution in [3.8, 4) is 6.07 Å². The van der Waals surface area contributed by atoms with Crippen molar-refractivity contribution < 1.29 is 4.79 Å². The lowest BCUT2D eigenvalue weighted by molar-refractivity contribution is 0.103. The second-order valence-corrected chi connectivity index (χ2v) is 5.98. The molecular formula is C20H20N2O. The van der Waals surface area contributed by atoms with Gasteiger partial charge in [-0.15, -0.1) is 0 Å². The third-order valence-corrected chi connectivity index (χ3v) is 4.40. The molecule has 1 heterocycles. The number of nitrogens with zero attached hydrogens (tertiary/aromatic N) is 2. The SMILES string of the molecule is N#Cc1ccccc1C(=O)c1ccccc1CN1CCCCC1. The molecule has 1 fully saturated rings. The van der Waals surface area contributed by atoms with Crippen LogP contribution in [0.2, 0.25) is 0 Å². The molecule has 0 aromatic heterocycles. The van der Waals surface area contributed by atoms with E-state index in [0.29, 0.717) is 16.7 Å². The van der Waals surface area contributed by atoms with Crippen LogP contribution in [0.25, 0.3) is 0 Å². The summed E-state index contributed by atoms with van der Waals surface area (Å²) in [5, 5.41) is 9.23. The smallest absolute Gasteiger partial charge is 0.194 e. The second kappa shape index (κ2) is 7.21. The Kier molecular flexibility index (Phi) is 4.85. The van der Waals surface area contributed by atoms with E-state index >= 15 is 0 Å². The van der Waals surface area contributed by atoms with Gasteiger partial charge in [0, 0.05) is 17.7 Å². The molecule has 0 atom stereocenters. The first-order valence-corrected chi connectivity index (χ1v) is 8.13. The van der Waals surface area contributed by atoms with Crippen molar-refractivity contribution in [1.29, 1.82) is 5.26 Å². The Hall–Kier alpha value is -2.44. The van der Waals surface area contributed by atoms with Crippen LogP contribution in [0.3, 0.4) is 0 Å². The van der Waals surface area contributed by atoms with Gasteiger partial charge in [0.2, 0.25) is 0 Å². The summed E-state index contributed by atoms with van der Waals surface area (Å²) in [4.78, 5) is 15.3. The number of nitriles is 1. The van der Waals surface area contributed by atoms with Crippen molar-refractivity contribution in [1.82, 2.24) is 4.90 Å². The number of piperidine rings is 1. The lowest BCUT2D eigenvalue weighted by Crippen LogP contribution is -2.29. The summed E-state index contributed by atoms with van der Waals surface area (Å²) >= 11 is 0. The third kappa shape index (κ3) is 3.49. The highest BCUT2D eigenvalue weighted by molar-refractivity contribution is 6.11. The fourth-order valence-electron chi connectivity index (χ4n) is 3.16. The van der Waals surface area contributed by atoms with Gasteiger partial charge in [0.25, 0.3) is 0 Å². The molecule has 23 heavy (non-hydrogen) atoms. The number of carbonyl (C=O) groups is 1. The van der Waals surface area contributed by atoms with Crippen LogP contribution in [0.1, 0.15) is 46.3 Å². The molecule has 2 aromatic rings. The molecule has 3 nitrogen and oxygen atoms in total. The summed E-state index contributed by atoms with van der Waals surface area (Å²) in [7, 11) is 0. The van der Waals surface area contributed by atoms with E-state index in [4.69, 9.17) is 0 Å². The molecule has 0 aliphatic carbocycles. The minimum atomic E-state index is -0.0604. The van der Waals surface area contributed by atoms with E-state index in [0.717, 1.165) is 25.2 Å². The first kappa shape index (κ1) is 15.5. The van der Waals surface area contributed by atoms with Gasteiger partial charge < -0.3 is 0 Å². The van der Waals surface area contributed by atoms with Crippen LogP contribution in [0, 0.1) is 11.3 Å². The largest absolute Gasteiger partial charge is 0.299 e. The standard InChI is InChI=1S/C20H20N2O/c21-14-16-8-2-4-10-18(16)20(23)19-11-5-3-9-17(19)15-22-12-6-1-7-13-22/h2-5,8-11H,1,6-7,12-13,15H2. The maximum atomic E-state index is 12.9. The Morgan fingerprint density at radius 3 is 2.35 bits per heavy atom. The molecule has 0 radical (unpaired) electrons. The Morgan fingerprint density at radius 2 is 1.61 bits per heavy atom. The van der Waals surface area contributed by atoms with Crippen LogP contribution in [-0.4, -0.2) is 23.8 Å². The van der Waals surface area contributed by atoms with Crippen molar-refractivity contribution >= 4 is 5.78 Å². The van der Waals surface area contributed by atoms with Gasteiger partial charge in [-0.25, -0.2) is 0 Å². The van der Waals surface area contributed by atoms with Crippen LogP contribution in [-0.2, 0) is 6.54 Å². The van der Waals surface area contributed by atoms with Gasteiger partial charge in [-0.3, -0.25) is 9.69 Å². The van der Waals surface area contributed by atoms with Crippen LogP contribution >= 0.6 is 0 Å². The monoisotopic (exact) mass is 304 g/mol. The summed E-state index contributed by atoms with van der Waals surface area (Å²) < 4.78 is 0. The summed E-state index contributed by atoms with van der Waals surface area (Å²) in [6.07, 6.45) is 3.76. The molecule has 2 aromatic carbocycles. The van der Waals surface area contributed by atoms with E-state index in [2.05, 4.69) is 11.0 Å². The van der Waals surface area contributed by atoms with Gasteiger partial charge in [-0.05, 0) is 43.6 Å². The molecule has 1 aliphatic rings. The van der Waals surface area contributed by atoms with Crippen molar-refractivity contribution in [2.24, 2.45) is 0 Å². The van der Waals surface area contributed by atoms with Gasteiger partial charge in [0.15, 0.2) is 5.78 Å². The lowest BCUT2D eigenvalue weighted by Gasteiger charge is -2.27.